The SMILES string of the molecule is COCC(CCO)NC(=O)c1n[nH]c(C(C)C)n1. The number of ether oxygens (including phenoxy) is 1. The Balaban J connectivity index is 2.61. The van der Waals surface area contributed by atoms with Gasteiger partial charge in [-0.2, -0.15) is 0 Å². The van der Waals surface area contributed by atoms with Crippen LogP contribution in [0.15, 0.2) is 0 Å². The van der Waals surface area contributed by atoms with Crippen LogP contribution in [0.1, 0.15) is 42.6 Å². The second-order valence-electron chi connectivity index (χ2n) is 4.34. The van der Waals surface area contributed by atoms with Gasteiger partial charge in [0.05, 0.1) is 12.6 Å². The van der Waals surface area contributed by atoms with Crippen LogP contribution in [0.25, 0.3) is 0 Å². The highest BCUT2D eigenvalue weighted by Crippen LogP contribution is 2.07. The Morgan fingerprint density at radius 2 is 2.28 bits per heavy atom. The number of hydrogen-bond acceptors (Lipinski definition) is 5. The van der Waals surface area contributed by atoms with Crippen molar-refractivity contribution in [3.63, 3.8) is 0 Å². The number of amides is 1. The van der Waals surface area contributed by atoms with E-state index in [2.05, 4.69) is 20.5 Å². The highest BCUT2D eigenvalue weighted by Gasteiger charge is 2.17. The Hall–Kier alpha value is -1.47. The van der Waals surface area contributed by atoms with Gasteiger partial charge in [0.15, 0.2) is 0 Å². The fourth-order valence-electron chi connectivity index (χ4n) is 1.44. The molecule has 1 unspecified atom stereocenters. The van der Waals surface area contributed by atoms with Gasteiger partial charge in [-0.15, -0.1) is 5.10 Å². The highest BCUT2D eigenvalue weighted by molar-refractivity contribution is 5.90. The molecule has 0 aliphatic rings. The summed E-state index contributed by atoms with van der Waals surface area (Å²) in [5.74, 6) is 0.600. The molecule has 1 aromatic heterocycles. The number of aliphatic hydroxyl groups is 1. The van der Waals surface area contributed by atoms with Gasteiger partial charge >= 0.3 is 0 Å². The number of aliphatic hydroxyl groups excluding tert-OH is 1. The molecule has 0 fully saturated rings. The number of carbonyl (C=O) groups excluding carboxylic acids is 1. The van der Waals surface area contributed by atoms with Crippen molar-refractivity contribution in [2.24, 2.45) is 0 Å². The number of hydrogen-bond donors (Lipinski definition) is 3. The third-order valence-corrected chi connectivity index (χ3v) is 2.43. The number of carbonyl (C=O) groups is 1. The largest absolute Gasteiger partial charge is 0.396 e. The van der Waals surface area contributed by atoms with E-state index in [-0.39, 0.29) is 30.3 Å². The highest BCUT2D eigenvalue weighted by atomic mass is 16.5. The van der Waals surface area contributed by atoms with Crippen molar-refractivity contribution < 1.29 is 14.6 Å². The van der Waals surface area contributed by atoms with E-state index in [4.69, 9.17) is 9.84 Å². The van der Waals surface area contributed by atoms with Crippen LogP contribution in [-0.2, 0) is 4.74 Å². The predicted molar refractivity (Wildman–Crippen MR) is 65.3 cm³/mol. The maximum atomic E-state index is 11.8. The average molecular weight is 256 g/mol. The standard InChI is InChI=1S/C11H20N4O3/c1-7(2)9-13-10(15-14-9)11(17)12-8(4-5-16)6-18-3/h7-8,16H,4-6H2,1-3H3,(H,12,17)(H,13,14,15). The number of aromatic amines is 1. The van der Waals surface area contributed by atoms with Crippen molar-refractivity contribution in [2.75, 3.05) is 20.3 Å². The summed E-state index contributed by atoms with van der Waals surface area (Å²) < 4.78 is 4.96. The lowest BCUT2D eigenvalue weighted by Crippen LogP contribution is -2.39. The molecular weight excluding hydrogens is 236 g/mol. The zero-order valence-electron chi connectivity index (χ0n) is 10.9. The van der Waals surface area contributed by atoms with E-state index in [1.807, 2.05) is 13.8 Å². The maximum Gasteiger partial charge on any atom is 0.291 e. The van der Waals surface area contributed by atoms with E-state index in [0.29, 0.717) is 18.9 Å². The molecule has 1 atom stereocenters. The Bertz CT molecular complexity index is 372. The Morgan fingerprint density at radius 3 is 2.78 bits per heavy atom. The summed E-state index contributed by atoms with van der Waals surface area (Å²) in [5.41, 5.74) is 0. The molecule has 7 nitrogen and oxygen atoms in total. The summed E-state index contributed by atoms with van der Waals surface area (Å²) in [6.45, 7) is 4.25. The van der Waals surface area contributed by atoms with Gasteiger partial charge in [-0.05, 0) is 6.42 Å². The lowest BCUT2D eigenvalue weighted by molar-refractivity contribution is 0.0869. The fourth-order valence-corrected chi connectivity index (χ4v) is 1.44. The third-order valence-electron chi connectivity index (χ3n) is 2.43. The van der Waals surface area contributed by atoms with Crippen LogP contribution in [0.4, 0.5) is 0 Å². The van der Waals surface area contributed by atoms with Crippen LogP contribution >= 0.6 is 0 Å². The Morgan fingerprint density at radius 1 is 1.56 bits per heavy atom. The van der Waals surface area contributed by atoms with Gasteiger partial charge in [0.25, 0.3) is 5.91 Å². The summed E-state index contributed by atoms with van der Waals surface area (Å²) in [6.07, 6.45) is 0.432. The summed E-state index contributed by atoms with van der Waals surface area (Å²) in [6, 6.07) is -0.242. The van der Waals surface area contributed by atoms with Crippen molar-refractivity contribution in [1.29, 1.82) is 0 Å². The zero-order chi connectivity index (χ0) is 13.5. The molecule has 0 aliphatic carbocycles. The number of methoxy groups -OCH3 is 1. The zero-order valence-corrected chi connectivity index (χ0v) is 10.9. The minimum absolute atomic E-state index is 0.0143. The van der Waals surface area contributed by atoms with Crippen molar-refractivity contribution in [3.05, 3.63) is 11.6 Å². The molecule has 7 heteroatoms. The number of aromatic nitrogens is 3. The van der Waals surface area contributed by atoms with Crippen LogP contribution < -0.4 is 5.32 Å². The van der Waals surface area contributed by atoms with Gasteiger partial charge in [0.2, 0.25) is 5.82 Å². The van der Waals surface area contributed by atoms with E-state index < -0.39 is 0 Å². The molecule has 1 amide bonds. The monoisotopic (exact) mass is 256 g/mol. The molecule has 1 aromatic rings. The first-order valence-corrected chi connectivity index (χ1v) is 5.91. The summed E-state index contributed by atoms with van der Waals surface area (Å²) in [7, 11) is 1.54. The second kappa shape index (κ2) is 7.07. The van der Waals surface area contributed by atoms with Crippen LogP contribution in [0.3, 0.4) is 0 Å². The lowest BCUT2D eigenvalue weighted by Gasteiger charge is -2.15. The molecular formula is C11H20N4O3. The van der Waals surface area contributed by atoms with E-state index in [0.717, 1.165) is 0 Å². The molecule has 1 heterocycles. The minimum atomic E-state index is -0.367. The van der Waals surface area contributed by atoms with E-state index in [1.54, 1.807) is 7.11 Å². The van der Waals surface area contributed by atoms with Gasteiger partial charge in [-0.1, -0.05) is 13.8 Å². The first-order chi connectivity index (χ1) is 8.58. The normalized spacial score (nSPS) is 12.7. The van der Waals surface area contributed by atoms with Gasteiger partial charge in [0, 0.05) is 19.6 Å². The third kappa shape index (κ3) is 4.08. The van der Waals surface area contributed by atoms with E-state index in [9.17, 15) is 4.79 Å². The number of rotatable bonds is 7. The molecule has 0 saturated heterocycles. The smallest absolute Gasteiger partial charge is 0.291 e. The average Bonchev–Trinajstić information content (AvgIpc) is 2.79. The van der Waals surface area contributed by atoms with Gasteiger partial charge in [-0.25, -0.2) is 4.98 Å². The molecule has 0 bridgehead atoms. The molecule has 0 spiro atoms. The van der Waals surface area contributed by atoms with Crippen molar-refractivity contribution >= 4 is 5.91 Å². The number of nitrogens with zero attached hydrogens (tertiary/aromatic N) is 2. The van der Waals surface area contributed by atoms with Gasteiger partial charge in [0.1, 0.15) is 5.82 Å². The Kier molecular flexibility index (Phi) is 5.73. The molecule has 18 heavy (non-hydrogen) atoms. The van der Waals surface area contributed by atoms with Gasteiger partial charge in [-0.3, -0.25) is 9.89 Å². The predicted octanol–water partition coefficient (Wildman–Crippen LogP) is 0.0553. The summed E-state index contributed by atoms with van der Waals surface area (Å²) in [5, 5.41) is 18.2. The quantitative estimate of drug-likeness (QED) is 0.640. The summed E-state index contributed by atoms with van der Waals surface area (Å²) >= 11 is 0. The van der Waals surface area contributed by atoms with Crippen molar-refractivity contribution in [3.8, 4) is 0 Å². The van der Waals surface area contributed by atoms with Crippen LogP contribution in [0.2, 0.25) is 0 Å². The number of nitrogens with one attached hydrogen (secondary N) is 2. The molecule has 0 radical (unpaired) electrons. The topological polar surface area (TPSA) is 100 Å². The van der Waals surface area contributed by atoms with E-state index >= 15 is 0 Å². The molecule has 1 rings (SSSR count). The molecule has 0 aromatic carbocycles. The molecule has 102 valence electrons. The van der Waals surface area contributed by atoms with Crippen LogP contribution in [0, 0.1) is 0 Å². The Labute approximate surface area is 106 Å². The minimum Gasteiger partial charge on any atom is -0.396 e. The summed E-state index contributed by atoms with van der Waals surface area (Å²) in [4.78, 5) is 15.9. The lowest BCUT2D eigenvalue weighted by atomic mass is 10.2. The number of H-pyrrole nitrogens is 1. The molecule has 0 saturated carbocycles. The maximum absolute atomic E-state index is 11.8. The van der Waals surface area contributed by atoms with Crippen molar-refractivity contribution in [1.82, 2.24) is 20.5 Å². The molecule has 3 N–H and O–H groups in total. The van der Waals surface area contributed by atoms with Gasteiger partial charge < -0.3 is 15.2 Å². The second-order valence-corrected chi connectivity index (χ2v) is 4.34. The first kappa shape index (κ1) is 14.6. The van der Waals surface area contributed by atoms with Crippen LogP contribution in [0.5, 0.6) is 0 Å². The fraction of sp³-hybridized carbons (Fsp3) is 0.727. The first-order valence-electron chi connectivity index (χ1n) is 5.91. The molecule has 0 aliphatic heterocycles. The van der Waals surface area contributed by atoms with Crippen LogP contribution in [-0.4, -0.2) is 52.6 Å². The van der Waals surface area contributed by atoms with E-state index in [1.165, 1.54) is 0 Å². The van der Waals surface area contributed by atoms with Crippen molar-refractivity contribution in [2.45, 2.75) is 32.2 Å².